The summed E-state index contributed by atoms with van der Waals surface area (Å²) in [4.78, 5) is 43.0. The second-order valence-electron chi connectivity index (χ2n) is 9.38. The van der Waals surface area contributed by atoms with Gasteiger partial charge in [0.05, 0.1) is 29.2 Å². The lowest BCUT2D eigenvalue weighted by molar-refractivity contribution is -0.147. The van der Waals surface area contributed by atoms with Crippen LogP contribution in [-0.4, -0.2) is 58.7 Å². The molecule has 0 atom stereocenters. The number of piperidine rings is 2. The maximum atomic E-state index is 13.4. The Kier molecular flexibility index (Phi) is 5.53. The Morgan fingerprint density at radius 1 is 1.09 bits per heavy atom. The van der Waals surface area contributed by atoms with Crippen LogP contribution in [0.4, 0.5) is 5.82 Å². The molecule has 2 aliphatic heterocycles. The molecule has 2 aromatic rings. The smallest absolute Gasteiger partial charge is 0.250 e. The van der Waals surface area contributed by atoms with E-state index in [1.807, 2.05) is 35.4 Å². The number of rotatable bonds is 4. The van der Waals surface area contributed by atoms with Crippen LogP contribution in [0.1, 0.15) is 44.9 Å². The van der Waals surface area contributed by atoms with Gasteiger partial charge in [-0.3, -0.25) is 14.6 Å². The predicted molar refractivity (Wildman–Crippen MR) is 123 cm³/mol. The van der Waals surface area contributed by atoms with Gasteiger partial charge in [-0.25, -0.2) is 4.98 Å². The molecular formula is C24H30N6O2. The molecule has 3 heterocycles. The minimum atomic E-state index is -0.350. The number of carbonyl (C=O) groups excluding carboxylic acids is 2. The van der Waals surface area contributed by atoms with Crippen LogP contribution < -0.4 is 10.6 Å². The highest BCUT2D eigenvalue weighted by atomic mass is 16.2. The van der Waals surface area contributed by atoms with Crippen molar-refractivity contribution >= 4 is 34.5 Å². The van der Waals surface area contributed by atoms with E-state index >= 15 is 0 Å². The fourth-order valence-corrected chi connectivity index (χ4v) is 5.15. The molecule has 1 aromatic heterocycles. The maximum absolute atomic E-state index is 13.4. The Labute approximate surface area is 187 Å². The molecule has 1 aliphatic carbocycles. The Balaban J connectivity index is 1.23. The third-order valence-electron chi connectivity index (χ3n) is 7.37. The van der Waals surface area contributed by atoms with Gasteiger partial charge in [-0.15, -0.1) is 0 Å². The third kappa shape index (κ3) is 3.94. The monoisotopic (exact) mass is 434 g/mol. The van der Waals surface area contributed by atoms with E-state index in [4.69, 9.17) is 10.7 Å². The second kappa shape index (κ2) is 8.48. The number of amidine groups is 1. The number of anilines is 1. The van der Waals surface area contributed by atoms with Crippen molar-refractivity contribution < 1.29 is 9.59 Å². The number of hydrogen-bond donors (Lipinski definition) is 1. The molecule has 2 saturated heterocycles. The molecule has 32 heavy (non-hydrogen) atoms. The van der Waals surface area contributed by atoms with E-state index < -0.39 is 0 Å². The van der Waals surface area contributed by atoms with Gasteiger partial charge in [0.2, 0.25) is 11.8 Å². The molecule has 5 rings (SSSR count). The highest BCUT2D eigenvalue weighted by Gasteiger charge is 2.46. The molecule has 1 spiro atoms. The summed E-state index contributed by atoms with van der Waals surface area (Å²) in [6.45, 7) is 2.47. The lowest BCUT2D eigenvalue weighted by Crippen LogP contribution is -2.55. The van der Waals surface area contributed by atoms with Gasteiger partial charge in [0.25, 0.3) is 0 Å². The Bertz CT molecular complexity index is 1060. The number of hydrogen-bond acceptors (Lipinski definition) is 5. The van der Waals surface area contributed by atoms with Crippen LogP contribution in [0.25, 0.3) is 11.0 Å². The van der Waals surface area contributed by atoms with E-state index in [0.717, 1.165) is 74.9 Å². The van der Waals surface area contributed by atoms with Crippen molar-refractivity contribution in [2.45, 2.75) is 44.9 Å². The Morgan fingerprint density at radius 2 is 1.84 bits per heavy atom. The van der Waals surface area contributed by atoms with E-state index in [0.29, 0.717) is 6.54 Å². The van der Waals surface area contributed by atoms with Gasteiger partial charge in [-0.1, -0.05) is 18.6 Å². The Hall–Kier alpha value is -3.03. The van der Waals surface area contributed by atoms with Crippen molar-refractivity contribution in [3.63, 3.8) is 0 Å². The van der Waals surface area contributed by atoms with Gasteiger partial charge >= 0.3 is 0 Å². The molecule has 0 unspecified atom stereocenters. The first kappa shape index (κ1) is 20.8. The van der Waals surface area contributed by atoms with Gasteiger partial charge in [0.15, 0.2) is 0 Å². The largest absolute Gasteiger partial charge is 0.386 e. The molecule has 1 saturated carbocycles. The molecule has 0 radical (unpaired) electrons. The number of nitrogens with two attached hydrogens (primary N) is 1. The van der Waals surface area contributed by atoms with Crippen molar-refractivity contribution in [2.75, 3.05) is 31.1 Å². The molecule has 2 amide bonds. The summed E-state index contributed by atoms with van der Waals surface area (Å²) < 4.78 is 0. The number of amides is 2. The number of aliphatic imine (C=N–C) groups is 1. The van der Waals surface area contributed by atoms with Crippen molar-refractivity contribution in [1.82, 2.24) is 14.9 Å². The first-order chi connectivity index (χ1) is 15.5. The standard InChI is InChI=1S/C24H30N6O2/c25-20(28-22(31)17-5-3-6-17)16-30-12-4-9-24(23(30)32)10-13-29(14-11-24)21-15-26-18-7-1-2-8-19(18)27-21/h1-2,7-8,15,17H,3-6,9-14,16H2,(H2,25,28,31). The van der Waals surface area contributed by atoms with Crippen LogP contribution in [0.5, 0.6) is 0 Å². The van der Waals surface area contributed by atoms with Crippen LogP contribution in [0.15, 0.2) is 35.5 Å². The van der Waals surface area contributed by atoms with Crippen LogP contribution in [-0.2, 0) is 9.59 Å². The Morgan fingerprint density at radius 3 is 2.56 bits per heavy atom. The SMILES string of the molecule is NC(CN1CCCC2(CCN(c3cnc4ccccc4n3)CC2)C1=O)=NC(=O)C1CCC1. The number of fused-ring (bicyclic) bond motifs is 1. The van der Waals surface area contributed by atoms with Crippen LogP contribution >= 0.6 is 0 Å². The van der Waals surface area contributed by atoms with Crippen LogP contribution in [0.2, 0.25) is 0 Å². The van der Waals surface area contributed by atoms with Gasteiger partial charge in [-0.2, -0.15) is 4.99 Å². The highest BCUT2D eigenvalue weighted by molar-refractivity contribution is 5.97. The van der Waals surface area contributed by atoms with Crippen molar-refractivity contribution in [2.24, 2.45) is 22.1 Å². The van der Waals surface area contributed by atoms with Crippen molar-refractivity contribution in [1.29, 1.82) is 0 Å². The number of aromatic nitrogens is 2. The first-order valence-electron chi connectivity index (χ1n) is 11.7. The molecule has 8 nitrogen and oxygen atoms in total. The predicted octanol–water partition coefficient (Wildman–Crippen LogP) is 2.52. The lowest BCUT2D eigenvalue weighted by Gasteiger charge is -2.46. The summed E-state index contributed by atoms with van der Waals surface area (Å²) >= 11 is 0. The fourth-order valence-electron chi connectivity index (χ4n) is 5.15. The topological polar surface area (TPSA) is 105 Å². The summed E-state index contributed by atoms with van der Waals surface area (Å²) in [5.41, 5.74) is 7.48. The molecule has 3 fully saturated rings. The van der Waals surface area contributed by atoms with Gasteiger partial charge in [0, 0.05) is 25.6 Å². The second-order valence-corrected chi connectivity index (χ2v) is 9.38. The number of nitrogens with zero attached hydrogens (tertiary/aromatic N) is 5. The summed E-state index contributed by atoms with van der Waals surface area (Å²) in [6, 6.07) is 7.86. The quantitative estimate of drug-likeness (QED) is 0.586. The van der Waals surface area contributed by atoms with Crippen LogP contribution in [0, 0.1) is 11.3 Å². The average Bonchev–Trinajstić information content (AvgIpc) is 2.76. The minimum Gasteiger partial charge on any atom is -0.386 e. The molecule has 0 bridgehead atoms. The highest BCUT2D eigenvalue weighted by Crippen LogP contribution is 2.41. The van der Waals surface area contributed by atoms with Gasteiger partial charge in [0.1, 0.15) is 11.7 Å². The summed E-state index contributed by atoms with van der Waals surface area (Å²) in [5.74, 6) is 1.18. The molecule has 168 valence electrons. The zero-order valence-corrected chi connectivity index (χ0v) is 18.4. The molecule has 1 aromatic carbocycles. The number of likely N-dealkylation sites (tertiary alicyclic amines) is 1. The van der Waals surface area contributed by atoms with Crippen molar-refractivity contribution in [3.05, 3.63) is 30.5 Å². The number of benzene rings is 1. The van der Waals surface area contributed by atoms with E-state index in [9.17, 15) is 9.59 Å². The van der Waals surface area contributed by atoms with Crippen LogP contribution in [0.3, 0.4) is 0 Å². The summed E-state index contributed by atoms with van der Waals surface area (Å²) in [5, 5.41) is 0. The molecule has 8 heteroatoms. The third-order valence-corrected chi connectivity index (χ3v) is 7.37. The maximum Gasteiger partial charge on any atom is 0.250 e. The summed E-state index contributed by atoms with van der Waals surface area (Å²) in [7, 11) is 0. The number of carbonyl (C=O) groups is 2. The van der Waals surface area contributed by atoms with Crippen molar-refractivity contribution in [3.8, 4) is 0 Å². The number of para-hydroxylation sites is 2. The molecular weight excluding hydrogens is 404 g/mol. The first-order valence-corrected chi connectivity index (χ1v) is 11.7. The average molecular weight is 435 g/mol. The van der Waals surface area contributed by atoms with Gasteiger partial charge in [-0.05, 0) is 50.7 Å². The zero-order chi connectivity index (χ0) is 22.1. The van der Waals surface area contributed by atoms with E-state index in [1.54, 1.807) is 0 Å². The minimum absolute atomic E-state index is 0.0273. The summed E-state index contributed by atoms with van der Waals surface area (Å²) in [6.07, 6.45) is 8.14. The van der Waals surface area contributed by atoms with E-state index in [1.165, 1.54) is 0 Å². The van der Waals surface area contributed by atoms with Gasteiger partial charge < -0.3 is 15.5 Å². The zero-order valence-electron chi connectivity index (χ0n) is 18.4. The molecule has 2 N–H and O–H groups in total. The molecule has 3 aliphatic rings. The fraction of sp³-hybridized carbons (Fsp3) is 0.542. The lowest BCUT2D eigenvalue weighted by atomic mass is 9.71. The normalized spacial score (nSPS) is 21.8. The van der Waals surface area contributed by atoms with E-state index in [-0.39, 0.29) is 35.5 Å². The van der Waals surface area contributed by atoms with E-state index in [2.05, 4.69) is 14.9 Å².